The Morgan fingerprint density at radius 2 is 1.87 bits per heavy atom. The minimum absolute atomic E-state index is 0.448. The van der Waals surface area contributed by atoms with Gasteiger partial charge in [0, 0.05) is 45.0 Å². The molecule has 1 aromatic heterocycles. The van der Waals surface area contributed by atoms with Gasteiger partial charge in [0.2, 0.25) is 11.8 Å². The fourth-order valence-corrected chi connectivity index (χ4v) is 2.75. The predicted octanol–water partition coefficient (Wildman–Crippen LogP) is 1.34. The molecule has 1 aromatic carbocycles. The molecular formula is C17H22N4O2. The summed E-state index contributed by atoms with van der Waals surface area (Å²) in [5, 5.41) is 10.3. The third-order valence-corrected chi connectivity index (χ3v) is 4.10. The maximum Gasteiger partial charge on any atom is 0.228 e. The Hall–Kier alpha value is -2.18. The Labute approximate surface area is 136 Å². The Balaban J connectivity index is 1.54. The molecule has 1 atom stereocenters. The van der Waals surface area contributed by atoms with Gasteiger partial charge >= 0.3 is 0 Å². The van der Waals surface area contributed by atoms with Gasteiger partial charge in [-0.1, -0.05) is 30.3 Å². The topological polar surface area (TPSA) is 61.7 Å². The lowest BCUT2D eigenvalue weighted by molar-refractivity contribution is 0.109. The molecular weight excluding hydrogens is 292 g/mol. The molecule has 0 saturated carbocycles. The first-order valence-electron chi connectivity index (χ1n) is 7.83. The standard InChI is InChI=1S/C17H22N4O2/c1-23-16-7-8-18-17(19-16)21-11-9-20(10-12-21)13-15(22)14-5-3-2-4-6-14/h2-8,15,22H,9-13H2,1H3. The lowest BCUT2D eigenvalue weighted by Crippen LogP contribution is -2.48. The number of nitrogens with zero attached hydrogens (tertiary/aromatic N) is 4. The lowest BCUT2D eigenvalue weighted by atomic mass is 10.1. The average Bonchev–Trinajstić information content (AvgIpc) is 2.63. The smallest absolute Gasteiger partial charge is 0.228 e. The molecule has 23 heavy (non-hydrogen) atoms. The van der Waals surface area contributed by atoms with Gasteiger partial charge < -0.3 is 14.7 Å². The summed E-state index contributed by atoms with van der Waals surface area (Å²) in [6.07, 6.45) is 1.27. The number of piperazine rings is 1. The van der Waals surface area contributed by atoms with Crippen LogP contribution in [0.2, 0.25) is 0 Å². The largest absolute Gasteiger partial charge is 0.481 e. The van der Waals surface area contributed by atoms with Gasteiger partial charge in [-0.3, -0.25) is 4.90 Å². The zero-order valence-electron chi connectivity index (χ0n) is 13.3. The summed E-state index contributed by atoms with van der Waals surface area (Å²) in [5.74, 6) is 1.28. The van der Waals surface area contributed by atoms with Crippen molar-refractivity contribution in [1.82, 2.24) is 14.9 Å². The molecule has 2 aromatic rings. The maximum atomic E-state index is 10.3. The zero-order valence-corrected chi connectivity index (χ0v) is 13.3. The van der Waals surface area contributed by atoms with Crippen LogP contribution in [0, 0.1) is 0 Å². The van der Waals surface area contributed by atoms with E-state index < -0.39 is 6.10 Å². The van der Waals surface area contributed by atoms with Crippen molar-refractivity contribution in [2.75, 3.05) is 44.7 Å². The van der Waals surface area contributed by atoms with Gasteiger partial charge in [-0.15, -0.1) is 0 Å². The molecule has 1 aliphatic rings. The number of hydrogen-bond acceptors (Lipinski definition) is 6. The van der Waals surface area contributed by atoms with E-state index in [9.17, 15) is 5.11 Å². The second kappa shape index (κ2) is 7.39. The van der Waals surface area contributed by atoms with Crippen LogP contribution in [0.3, 0.4) is 0 Å². The van der Waals surface area contributed by atoms with Crippen molar-refractivity contribution >= 4 is 5.95 Å². The van der Waals surface area contributed by atoms with Gasteiger partial charge in [0.1, 0.15) is 0 Å². The molecule has 0 spiro atoms. The molecule has 3 rings (SSSR count). The van der Waals surface area contributed by atoms with E-state index in [1.807, 2.05) is 30.3 Å². The van der Waals surface area contributed by atoms with Crippen LogP contribution in [0.25, 0.3) is 0 Å². The first kappa shape index (κ1) is 15.7. The van der Waals surface area contributed by atoms with Crippen LogP contribution in [0.5, 0.6) is 5.88 Å². The van der Waals surface area contributed by atoms with Crippen molar-refractivity contribution in [2.45, 2.75) is 6.10 Å². The summed E-state index contributed by atoms with van der Waals surface area (Å²) in [4.78, 5) is 13.1. The first-order chi connectivity index (χ1) is 11.3. The predicted molar refractivity (Wildman–Crippen MR) is 88.6 cm³/mol. The van der Waals surface area contributed by atoms with Gasteiger partial charge in [0.25, 0.3) is 0 Å². The van der Waals surface area contributed by atoms with Gasteiger partial charge in [-0.2, -0.15) is 4.98 Å². The number of aliphatic hydroxyl groups excluding tert-OH is 1. The monoisotopic (exact) mass is 314 g/mol. The Kier molecular flexibility index (Phi) is 5.05. The van der Waals surface area contributed by atoms with E-state index >= 15 is 0 Å². The summed E-state index contributed by atoms with van der Waals surface area (Å²) in [6, 6.07) is 11.5. The van der Waals surface area contributed by atoms with Crippen molar-refractivity contribution in [3.05, 3.63) is 48.2 Å². The van der Waals surface area contributed by atoms with Crippen LogP contribution < -0.4 is 9.64 Å². The number of aliphatic hydroxyl groups is 1. The summed E-state index contributed by atoms with van der Waals surface area (Å²) < 4.78 is 5.15. The number of hydrogen-bond donors (Lipinski definition) is 1. The number of anilines is 1. The van der Waals surface area contributed by atoms with Crippen LogP contribution in [-0.2, 0) is 0 Å². The van der Waals surface area contributed by atoms with Crippen molar-refractivity contribution in [1.29, 1.82) is 0 Å². The van der Waals surface area contributed by atoms with Gasteiger partial charge in [0.05, 0.1) is 13.2 Å². The fraction of sp³-hybridized carbons (Fsp3) is 0.412. The first-order valence-corrected chi connectivity index (χ1v) is 7.83. The van der Waals surface area contributed by atoms with E-state index in [4.69, 9.17) is 4.74 Å². The fourth-order valence-electron chi connectivity index (χ4n) is 2.75. The number of β-amino-alcohol motifs (C(OH)–C–C–N with tert-alkyl or cyclic N) is 1. The van der Waals surface area contributed by atoms with E-state index in [2.05, 4.69) is 19.8 Å². The molecule has 0 amide bonds. The third kappa shape index (κ3) is 3.97. The number of benzene rings is 1. The number of ether oxygens (including phenoxy) is 1. The second-order valence-electron chi connectivity index (χ2n) is 5.61. The summed E-state index contributed by atoms with van der Waals surface area (Å²) in [6.45, 7) is 4.09. The molecule has 6 nitrogen and oxygen atoms in total. The molecule has 1 N–H and O–H groups in total. The molecule has 0 aliphatic carbocycles. The van der Waals surface area contributed by atoms with E-state index in [1.54, 1.807) is 19.4 Å². The third-order valence-electron chi connectivity index (χ3n) is 4.10. The van der Waals surface area contributed by atoms with E-state index in [0.29, 0.717) is 18.4 Å². The van der Waals surface area contributed by atoms with Crippen molar-refractivity contribution in [3.8, 4) is 5.88 Å². The number of methoxy groups -OCH3 is 1. The highest BCUT2D eigenvalue weighted by molar-refractivity contribution is 5.32. The van der Waals surface area contributed by atoms with Gasteiger partial charge in [0.15, 0.2) is 0 Å². The molecule has 6 heteroatoms. The quantitative estimate of drug-likeness (QED) is 0.899. The summed E-state index contributed by atoms with van der Waals surface area (Å²) in [7, 11) is 1.61. The van der Waals surface area contributed by atoms with E-state index in [1.165, 1.54) is 0 Å². The minimum Gasteiger partial charge on any atom is -0.481 e. The normalized spacial score (nSPS) is 17.0. The van der Waals surface area contributed by atoms with Gasteiger partial charge in [-0.05, 0) is 5.56 Å². The van der Waals surface area contributed by atoms with Crippen LogP contribution in [0.15, 0.2) is 42.6 Å². The molecule has 1 unspecified atom stereocenters. The molecule has 122 valence electrons. The molecule has 1 saturated heterocycles. The highest BCUT2D eigenvalue weighted by Gasteiger charge is 2.21. The Morgan fingerprint density at radius 1 is 1.13 bits per heavy atom. The number of aromatic nitrogens is 2. The molecule has 2 heterocycles. The highest BCUT2D eigenvalue weighted by Crippen LogP contribution is 2.17. The van der Waals surface area contributed by atoms with Crippen molar-refractivity contribution in [2.24, 2.45) is 0 Å². The van der Waals surface area contributed by atoms with E-state index in [-0.39, 0.29) is 0 Å². The summed E-state index contributed by atoms with van der Waals surface area (Å²) in [5.41, 5.74) is 0.964. The molecule has 0 radical (unpaired) electrons. The van der Waals surface area contributed by atoms with Crippen LogP contribution in [-0.4, -0.2) is 59.8 Å². The lowest BCUT2D eigenvalue weighted by Gasteiger charge is -2.35. The Morgan fingerprint density at radius 3 is 2.57 bits per heavy atom. The van der Waals surface area contributed by atoms with Crippen LogP contribution in [0.4, 0.5) is 5.95 Å². The highest BCUT2D eigenvalue weighted by atomic mass is 16.5. The van der Waals surface area contributed by atoms with Crippen LogP contribution >= 0.6 is 0 Å². The van der Waals surface area contributed by atoms with Crippen LogP contribution in [0.1, 0.15) is 11.7 Å². The van der Waals surface area contributed by atoms with Crippen molar-refractivity contribution in [3.63, 3.8) is 0 Å². The van der Waals surface area contributed by atoms with Crippen molar-refractivity contribution < 1.29 is 9.84 Å². The minimum atomic E-state index is -0.448. The maximum absolute atomic E-state index is 10.3. The summed E-state index contributed by atoms with van der Waals surface area (Å²) >= 11 is 0. The molecule has 0 bridgehead atoms. The molecule has 1 fully saturated rings. The Bertz CT molecular complexity index is 615. The number of rotatable bonds is 5. The van der Waals surface area contributed by atoms with E-state index in [0.717, 1.165) is 31.7 Å². The molecule has 1 aliphatic heterocycles. The SMILES string of the molecule is COc1ccnc(N2CCN(CC(O)c3ccccc3)CC2)n1. The second-order valence-corrected chi connectivity index (χ2v) is 5.61. The van der Waals surface area contributed by atoms with Gasteiger partial charge in [-0.25, -0.2) is 4.98 Å². The zero-order chi connectivity index (χ0) is 16.1. The average molecular weight is 314 g/mol.